The molecule has 31 heavy (non-hydrogen) atoms. The summed E-state index contributed by atoms with van der Waals surface area (Å²) in [6.45, 7) is 3.15. The molecule has 2 fully saturated rings. The Kier molecular flexibility index (Phi) is 9.82. The SMILES string of the molecule is CCc1ccc(C2CCC(COC3CCC(CCC=CC=C(F)C#N)CC3)CC2)cc1. The second-order valence-electron chi connectivity index (χ2n) is 9.42. The van der Waals surface area contributed by atoms with E-state index in [4.69, 9.17) is 10.00 Å². The second kappa shape index (κ2) is 12.8. The predicted molar refractivity (Wildman–Crippen MR) is 125 cm³/mol. The highest BCUT2D eigenvalue weighted by atomic mass is 19.1. The summed E-state index contributed by atoms with van der Waals surface area (Å²) in [7, 11) is 0. The number of nitriles is 1. The van der Waals surface area contributed by atoms with Gasteiger partial charge in [-0.05, 0) is 106 Å². The van der Waals surface area contributed by atoms with Crippen molar-refractivity contribution in [3.63, 3.8) is 0 Å². The lowest BCUT2D eigenvalue weighted by atomic mass is 9.79. The zero-order valence-electron chi connectivity index (χ0n) is 19.1. The van der Waals surface area contributed by atoms with Crippen LogP contribution in [0, 0.1) is 23.2 Å². The van der Waals surface area contributed by atoms with E-state index in [1.54, 1.807) is 6.08 Å². The molecule has 0 aromatic heterocycles. The van der Waals surface area contributed by atoms with E-state index in [0.29, 0.717) is 6.10 Å². The molecule has 3 heteroatoms. The number of rotatable bonds is 9. The Balaban J connectivity index is 1.28. The molecule has 0 N–H and O–H groups in total. The summed E-state index contributed by atoms with van der Waals surface area (Å²) < 4.78 is 19.1. The molecule has 2 aliphatic rings. The first kappa shape index (κ1) is 23.7. The van der Waals surface area contributed by atoms with Crippen molar-refractivity contribution in [1.82, 2.24) is 0 Å². The lowest BCUT2D eigenvalue weighted by molar-refractivity contribution is -0.00824. The maximum atomic E-state index is 12.7. The summed E-state index contributed by atoms with van der Waals surface area (Å²) in [5.41, 5.74) is 2.95. The van der Waals surface area contributed by atoms with E-state index in [0.717, 1.165) is 43.6 Å². The van der Waals surface area contributed by atoms with Crippen LogP contribution in [0.1, 0.15) is 88.2 Å². The number of aryl methyl sites for hydroxylation is 1. The van der Waals surface area contributed by atoms with E-state index in [9.17, 15) is 4.39 Å². The van der Waals surface area contributed by atoms with E-state index >= 15 is 0 Å². The molecule has 0 spiro atoms. The van der Waals surface area contributed by atoms with Crippen LogP contribution in [0.25, 0.3) is 0 Å². The van der Waals surface area contributed by atoms with Gasteiger partial charge in [0.05, 0.1) is 6.10 Å². The van der Waals surface area contributed by atoms with Crippen LogP contribution in [0.3, 0.4) is 0 Å². The van der Waals surface area contributed by atoms with Crippen molar-refractivity contribution >= 4 is 0 Å². The van der Waals surface area contributed by atoms with Gasteiger partial charge in [-0.15, -0.1) is 0 Å². The molecule has 0 saturated heterocycles. The van der Waals surface area contributed by atoms with Gasteiger partial charge in [-0.3, -0.25) is 0 Å². The fraction of sp³-hybridized carbons (Fsp3) is 0.607. The molecular weight excluding hydrogens is 385 g/mol. The molecule has 0 heterocycles. The summed E-state index contributed by atoms with van der Waals surface area (Å²) in [5, 5.41) is 8.38. The molecule has 168 valence electrons. The molecule has 1 aromatic carbocycles. The third kappa shape index (κ3) is 7.93. The maximum Gasteiger partial charge on any atom is 0.199 e. The van der Waals surface area contributed by atoms with Crippen LogP contribution in [0.4, 0.5) is 4.39 Å². The van der Waals surface area contributed by atoms with Crippen LogP contribution in [-0.4, -0.2) is 12.7 Å². The Bertz CT molecular complexity index is 744. The molecule has 2 nitrogen and oxygen atoms in total. The molecule has 0 amide bonds. The van der Waals surface area contributed by atoms with Gasteiger partial charge in [0, 0.05) is 6.61 Å². The van der Waals surface area contributed by atoms with Crippen molar-refractivity contribution in [2.75, 3.05) is 6.61 Å². The van der Waals surface area contributed by atoms with Crippen LogP contribution >= 0.6 is 0 Å². The van der Waals surface area contributed by atoms with Gasteiger partial charge in [-0.1, -0.05) is 43.3 Å². The molecule has 0 radical (unpaired) electrons. The number of hydrogen-bond acceptors (Lipinski definition) is 2. The van der Waals surface area contributed by atoms with E-state index < -0.39 is 5.83 Å². The van der Waals surface area contributed by atoms with Crippen molar-refractivity contribution in [1.29, 1.82) is 5.26 Å². The van der Waals surface area contributed by atoms with Crippen molar-refractivity contribution in [3.8, 4) is 6.07 Å². The maximum absolute atomic E-state index is 12.7. The summed E-state index contributed by atoms with van der Waals surface area (Å²) in [5.74, 6) is 1.49. The van der Waals surface area contributed by atoms with Gasteiger partial charge in [-0.2, -0.15) is 9.65 Å². The van der Waals surface area contributed by atoms with Crippen molar-refractivity contribution in [3.05, 3.63) is 59.4 Å². The quantitative estimate of drug-likeness (QED) is 0.300. The number of allylic oxidation sites excluding steroid dienone is 4. The molecular formula is C28H38FNO. The van der Waals surface area contributed by atoms with Crippen LogP contribution in [-0.2, 0) is 11.2 Å². The van der Waals surface area contributed by atoms with Crippen LogP contribution < -0.4 is 0 Å². The summed E-state index contributed by atoms with van der Waals surface area (Å²) in [6, 6.07) is 10.8. The normalized spacial score (nSPS) is 27.3. The van der Waals surface area contributed by atoms with Gasteiger partial charge in [0.25, 0.3) is 0 Å². The Morgan fingerprint density at radius 3 is 2.35 bits per heavy atom. The highest BCUT2D eigenvalue weighted by Crippen LogP contribution is 2.37. The number of ether oxygens (including phenoxy) is 1. The first-order valence-electron chi connectivity index (χ1n) is 12.3. The van der Waals surface area contributed by atoms with Gasteiger partial charge >= 0.3 is 0 Å². The van der Waals surface area contributed by atoms with Crippen molar-refractivity contribution in [2.24, 2.45) is 11.8 Å². The molecule has 2 saturated carbocycles. The highest BCUT2D eigenvalue weighted by molar-refractivity contribution is 5.25. The van der Waals surface area contributed by atoms with Gasteiger partial charge in [0.2, 0.25) is 0 Å². The van der Waals surface area contributed by atoms with Gasteiger partial charge in [-0.25, -0.2) is 0 Å². The molecule has 2 aliphatic carbocycles. The number of nitrogens with zero attached hydrogens (tertiary/aromatic N) is 1. The van der Waals surface area contributed by atoms with Crippen molar-refractivity contribution < 1.29 is 9.13 Å². The zero-order valence-corrected chi connectivity index (χ0v) is 19.1. The summed E-state index contributed by atoms with van der Waals surface area (Å²) in [6.07, 6.45) is 18.5. The van der Waals surface area contributed by atoms with Crippen LogP contribution in [0.2, 0.25) is 0 Å². The fourth-order valence-electron chi connectivity index (χ4n) is 5.17. The zero-order chi connectivity index (χ0) is 21.9. The lowest BCUT2D eigenvalue weighted by Crippen LogP contribution is -2.25. The average molecular weight is 424 g/mol. The topological polar surface area (TPSA) is 33.0 Å². The van der Waals surface area contributed by atoms with Crippen molar-refractivity contribution in [2.45, 2.75) is 89.6 Å². The molecule has 0 bridgehead atoms. The van der Waals surface area contributed by atoms with Gasteiger partial charge < -0.3 is 4.74 Å². The molecule has 3 rings (SSSR count). The Labute approximate surface area is 188 Å². The standard InChI is InChI=1S/C28H38FNO/c1-2-22-8-14-25(15-9-22)26-16-10-24(11-17-26)21-31-28-18-12-23(13-19-28)6-4-3-5-7-27(29)20-30/h3,5,7-9,14-15,23-24,26,28H,2,4,6,10-13,16-19,21H2,1H3. The van der Waals surface area contributed by atoms with Crippen LogP contribution in [0.15, 0.2) is 48.3 Å². The Morgan fingerprint density at radius 2 is 1.71 bits per heavy atom. The lowest BCUT2D eigenvalue weighted by Gasteiger charge is -2.32. The Hall–Kier alpha value is -1.92. The second-order valence-corrected chi connectivity index (χ2v) is 9.42. The fourth-order valence-corrected chi connectivity index (χ4v) is 5.17. The smallest absolute Gasteiger partial charge is 0.199 e. The van der Waals surface area contributed by atoms with E-state index in [2.05, 4.69) is 31.2 Å². The van der Waals surface area contributed by atoms with E-state index in [-0.39, 0.29) is 0 Å². The van der Waals surface area contributed by atoms with Gasteiger partial charge in [0.15, 0.2) is 5.83 Å². The number of halogens is 1. The summed E-state index contributed by atoms with van der Waals surface area (Å²) in [4.78, 5) is 0. The number of hydrogen-bond donors (Lipinski definition) is 0. The van der Waals surface area contributed by atoms with Crippen LogP contribution in [0.5, 0.6) is 0 Å². The molecule has 0 atom stereocenters. The molecule has 1 aromatic rings. The van der Waals surface area contributed by atoms with Gasteiger partial charge in [0.1, 0.15) is 6.07 Å². The highest BCUT2D eigenvalue weighted by Gasteiger charge is 2.25. The first-order valence-corrected chi connectivity index (χ1v) is 12.3. The van der Waals surface area contributed by atoms with E-state index in [1.165, 1.54) is 74.6 Å². The minimum atomic E-state index is -0.729. The van der Waals surface area contributed by atoms with E-state index in [1.807, 2.05) is 6.08 Å². The third-order valence-electron chi connectivity index (χ3n) is 7.29. The minimum absolute atomic E-state index is 0.443. The summed E-state index contributed by atoms with van der Waals surface area (Å²) >= 11 is 0. The first-order chi connectivity index (χ1) is 15.2. The molecule has 0 unspecified atom stereocenters. The third-order valence-corrected chi connectivity index (χ3v) is 7.29. The predicted octanol–water partition coefficient (Wildman–Crippen LogP) is 7.81. The largest absolute Gasteiger partial charge is 0.378 e. The molecule has 0 aliphatic heterocycles. The Morgan fingerprint density at radius 1 is 1.03 bits per heavy atom. The number of benzene rings is 1. The monoisotopic (exact) mass is 423 g/mol. The minimum Gasteiger partial charge on any atom is -0.378 e. The average Bonchev–Trinajstić information content (AvgIpc) is 2.83.